The number of cyclic esters (lactones) is 1. The largest absolute Gasteiger partial charge is 0.493 e. The number of anilines is 1. The number of esters is 1. The lowest BCUT2D eigenvalue weighted by molar-refractivity contribution is -0.0198. The zero-order valence-corrected chi connectivity index (χ0v) is 32.6. The van der Waals surface area contributed by atoms with Crippen molar-refractivity contribution in [1.82, 2.24) is 4.57 Å². The summed E-state index contributed by atoms with van der Waals surface area (Å²) in [6, 6.07) is 31.6. The van der Waals surface area contributed by atoms with Gasteiger partial charge in [0.2, 0.25) is 0 Å². The third-order valence-corrected chi connectivity index (χ3v) is 12.4. The van der Waals surface area contributed by atoms with Crippen LogP contribution in [0.5, 0.6) is 5.75 Å². The van der Waals surface area contributed by atoms with E-state index in [0.29, 0.717) is 25.0 Å². The van der Waals surface area contributed by atoms with Gasteiger partial charge < -0.3 is 18.9 Å². The molecule has 5 aromatic rings. The molecule has 3 aliphatic heterocycles. The number of carbonyl (C=O) groups excluding carboxylic acids is 1. The van der Waals surface area contributed by atoms with Crippen molar-refractivity contribution in [2.75, 3.05) is 24.6 Å². The number of aryl methyl sites for hydroxylation is 1. The van der Waals surface area contributed by atoms with Crippen LogP contribution >= 0.6 is 0 Å². The highest BCUT2D eigenvalue weighted by Gasteiger charge is 2.66. The van der Waals surface area contributed by atoms with Gasteiger partial charge in [0.25, 0.3) is 0 Å². The molecule has 276 valence electrons. The molecule has 0 aliphatic carbocycles. The number of dihydropyridines is 1. The van der Waals surface area contributed by atoms with Gasteiger partial charge in [-0.25, -0.2) is 4.79 Å². The smallest absolute Gasteiger partial charge is 0.339 e. The minimum atomic E-state index is -1.20. The van der Waals surface area contributed by atoms with Crippen LogP contribution in [0.1, 0.15) is 92.7 Å². The minimum Gasteiger partial charge on any atom is -0.493 e. The van der Waals surface area contributed by atoms with E-state index in [1.807, 2.05) is 37.4 Å². The van der Waals surface area contributed by atoms with E-state index < -0.39 is 16.6 Å². The van der Waals surface area contributed by atoms with Crippen molar-refractivity contribution in [3.8, 4) is 5.75 Å². The first-order valence-electron chi connectivity index (χ1n) is 19.6. The predicted octanol–water partition coefficient (Wildman–Crippen LogP) is 10.4. The molecule has 7 nitrogen and oxygen atoms in total. The van der Waals surface area contributed by atoms with Gasteiger partial charge >= 0.3 is 5.97 Å². The monoisotopic (exact) mass is 718 g/mol. The van der Waals surface area contributed by atoms with Gasteiger partial charge in [-0.15, -0.1) is 0 Å². The summed E-state index contributed by atoms with van der Waals surface area (Å²) in [4.78, 5) is 27.4. The van der Waals surface area contributed by atoms with Gasteiger partial charge in [-0.2, -0.15) is 0 Å². The van der Waals surface area contributed by atoms with Gasteiger partial charge in [0.15, 0.2) is 5.60 Å². The zero-order chi connectivity index (χ0) is 37.8. The molecule has 3 atom stereocenters. The molecule has 0 bridgehead atoms. The van der Waals surface area contributed by atoms with Crippen molar-refractivity contribution in [2.24, 2.45) is 9.98 Å². The highest BCUT2D eigenvalue weighted by atomic mass is 16.6. The topological polar surface area (TPSA) is 68.4 Å². The average molecular weight is 719 g/mol. The van der Waals surface area contributed by atoms with Crippen LogP contribution in [0.25, 0.3) is 10.9 Å². The molecule has 0 saturated carbocycles. The Morgan fingerprint density at radius 1 is 0.852 bits per heavy atom. The standard InChI is InChI=1S/C47H50N4O3/c1-8-45(32(7)49-40-23-17-16-22-38(40)45)47(37-21-15-13-19-35(37)44(52)54-47)33-27-28-48-46(30-33,43-31(6)51(11-4)41-24-18-14-20-36(41)43)39-26-25-34(50(9-2)10-3)29-42(39)53-12-5/h13-29H,8-12,30H2,1-7H3. The minimum absolute atomic E-state index is 0.318. The van der Waals surface area contributed by atoms with Crippen LogP contribution < -0.4 is 9.64 Å². The van der Waals surface area contributed by atoms with Gasteiger partial charge in [-0.05, 0) is 89.4 Å². The maximum Gasteiger partial charge on any atom is 0.339 e. The maximum absolute atomic E-state index is 14.3. The van der Waals surface area contributed by atoms with Crippen molar-refractivity contribution in [3.63, 3.8) is 0 Å². The summed E-state index contributed by atoms with van der Waals surface area (Å²) in [7, 11) is 0. The lowest BCUT2D eigenvalue weighted by Crippen LogP contribution is -2.55. The van der Waals surface area contributed by atoms with Crippen LogP contribution in [0.2, 0.25) is 0 Å². The number of carbonyl (C=O) groups is 1. The number of para-hydroxylation sites is 2. The van der Waals surface area contributed by atoms with Crippen molar-refractivity contribution in [3.05, 3.63) is 136 Å². The van der Waals surface area contributed by atoms with E-state index in [1.54, 1.807) is 0 Å². The van der Waals surface area contributed by atoms with E-state index in [-0.39, 0.29) is 5.97 Å². The van der Waals surface area contributed by atoms with Crippen LogP contribution in [-0.4, -0.2) is 42.2 Å². The summed E-state index contributed by atoms with van der Waals surface area (Å²) in [6.45, 7) is 18.2. The van der Waals surface area contributed by atoms with E-state index in [0.717, 1.165) is 81.4 Å². The fourth-order valence-corrected chi connectivity index (χ4v) is 10.2. The summed E-state index contributed by atoms with van der Waals surface area (Å²) in [5, 5.41) is 1.15. The maximum atomic E-state index is 14.3. The molecule has 54 heavy (non-hydrogen) atoms. The number of fused-ring (bicyclic) bond motifs is 3. The number of aromatic nitrogens is 1. The molecular formula is C47H50N4O3. The Morgan fingerprint density at radius 3 is 2.31 bits per heavy atom. The first kappa shape index (κ1) is 35.6. The third-order valence-electron chi connectivity index (χ3n) is 12.4. The Hall–Kier alpha value is -5.43. The first-order valence-corrected chi connectivity index (χ1v) is 19.6. The Morgan fingerprint density at radius 2 is 1.57 bits per heavy atom. The molecule has 0 spiro atoms. The van der Waals surface area contributed by atoms with Crippen molar-refractivity contribution < 1.29 is 14.3 Å². The first-order chi connectivity index (χ1) is 26.3. The second-order valence-corrected chi connectivity index (χ2v) is 14.6. The lowest BCUT2D eigenvalue weighted by atomic mass is 9.56. The highest BCUT2D eigenvalue weighted by Crippen LogP contribution is 2.63. The average Bonchev–Trinajstić information content (AvgIpc) is 3.79. The van der Waals surface area contributed by atoms with Crippen molar-refractivity contribution in [2.45, 2.75) is 84.4 Å². The van der Waals surface area contributed by atoms with Crippen molar-refractivity contribution in [1.29, 1.82) is 0 Å². The molecule has 3 aliphatic rings. The van der Waals surface area contributed by atoms with E-state index in [1.165, 1.54) is 5.52 Å². The number of hydrogen-bond acceptors (Lipinski definition) is 6. The molecule has 1 aromatic heterocycles. The summed E-state index contributed by atoms with van der Waals surface area (Å²) in [5.74, 6) is 0.488. The van der Waals surface area contributed by atoms with Crippen LogP contribution in [0.3, 0.4) is 0 Å². The van der Waals surface area contributed by atoms with Gasteiger partial charge in [0.05, 0.1) is 23.3 Å². The SMILES string of the molecule is CCOc1cc(N(CC)CC)ccc1C1(c2c(C)n(CC)c3ccccc23)CC(C2(C3(CC)C(C)=Nc4ccccc43)OC(=O)c3ccccc32)=CC=N1. The van der Waals surface area contributed by atoms with E-state index in [9.17, 15) is 4.79 Å². The van der Waals surface area contributed by atoms with Gasteiger partial charge in [0.1, 0.15) is 11.3 Å². The molecule has 0 radical (unpaired) electrons. The second kappa shape index (κ2) is 13.5. The zero-order valence-electron chi connectivity index (χ0n) is 32.6. The van der Waals surface area contributed by atoms with E-state index in [4.69, 9.17) is 19.5 Å². The van der Waals surface area contributed by atoms with Crippen LogP contribution in [0, 0.1) is 6.92 Å². The number of hydrogen-bond donors (Lipinski definition) is 0. The molecule has 7 heteroatoms. The Balaban J connectivity index is 1.46. The van der Waals surface area contributed by atoms with Crippen LogP contribution in [0.4, 0.5) is 11.4 Å². The molecule has 0 N–H and O–H groups in total. The van der Waals surface area contributed by atoms with Crippen LogP contribution in [-0.2, 0) is 27.8 Å². The number of nitrogens with zero attached hydrogens (tertiary/aromatic N) is 4. The molecule has 4 heterocycles. The number of benzene rings is 4. The number of rotatable bonds is 11. The predicted molar refractivity (Wildman–Crippen MR) is 220 cm³/mol. The van der Waals surface area contributed by atoms with Crippen molar-refractivity contribution >= 4 is 40.2 Å². The van der Waals surface area contributed by atoms with Gasteiger partial charge in [-0.1, -0.05) is 67.6 Å². The highest BCUT2D eigenvalue weighted by molar-refractivity contribution is 6.06. The molecule has 3 unspecified atom stereocenters. The molecule has 0 amide bonds. The number of ether oxygens (including phenoxy) is 2. The van der Waals surface area contributed by atoms with E-state index >= 15 is 0 Å². The summed E-state index contributed by atoms with van der Waals surface area (Å²) in [5.41, 5.74) is 8.01. The molecule has 4 aromatic carbocycles. The number of allylic oxidation sites excluding steroid dienone is 1. The Bertz CT molecular complexity index is 2380. The summed E-state index contributed by atoms with van der Waals surface area (Å²) >= 11 is 0. The normalized spacial score (nSPS) is 22.8. The second-order valence-electron chi connectivity index (χ2n) is 14.6. The quantitative estimate of drug-likeness (QED) is 0.128. The fourth-order valence-electron chi connectivity index (χ4n) is 10.2. The molecule has 8 rings (SSSR count). The van der Waals surface area contributed by atoms with Gasteiger partial charge in [-0.3, -0.25) is 9.98 Å². The molecule has 0 saturated heterocycles. The van der Waals surface area contributed by atoms with Gasteiger partial charge in [0, 0.05) is 83.0 Å². The Kier molecular flexibility index (Phi) is 8.87. The van der Waals surface area contributed by atoms with E-state index in [2.05, 4.69) is 124 Å². The summed E-state index contributed by atoms with van der Waals surface area (Å²) < 4.78 is 16.1. The fraction of sp³-hybridized carbons (Fsp3) is 0.340. The third kappa shape index (κ3) is 4.76. The number of aliphatic imine (C=N–C) groups is 2. The summed E-state index contributed by atoms with van der Waals surface area (Å²) in [6.07, 6.45) is 5.18. The molecular weight excluding hydrogens is 669 g/mol. The molecule has 0 fully saturated rings. The Labute approximate surface area is 319 Å². The van der Waals surface area contributed by atoms with Crippen LogP contribution in [0.15, 0.2) is 113 Å². The lowest BCUT2D eigenvalue weighted by Gasteiger charge is -2.49.